The zero-order valence-electron chi connectivity index (χ0n) is 11.6. The van der Waals surface area contributed by atoms with Gasteiger partial charge in [0.25, 0.3) is 0 Å². The van der Waals surface area contributed by atoms with Crippen LogP contribution in [0.15, 0.2) is 42.5 Å². The highest BCUT2D eigenvalue weighted by atomic mass is 16.5. The summed E-state index contributed by atoms with van der Waals surface area (Å²) in [6.45, 7) is 2.28. The van der Waals surface area contributed by atoms with E-state index in [-0.39, 0.29) is 6.61 Å². The van der Waals surface area contributed by atoms with Crippen molar-refractivity contribution >= 4 is 10.8 Å². The first-order chi connectivity index (χ1) is 9.81. The lowest BCUT2D eigenvalue weighted by atomic mass is 10.1. The molecule has 20 heavy (non-hydrogen) atoms. The number of aliphatic hydroxyl groups is 1. The molecule has 0 aromatic heterocycles. The van der Waals surface area contributed by atoms with Crippen LogP contribution in [0.25, 0.3) is 10.8 Å². The van der Waals surface area contributed by atoms with Crippen molar-refractivity contribution in [2.75, 3.05) is 26.2 Å². The van der Waals surface area contributed by atoms with Crippen LogP contribution in [0.4, 0.5) is 0 Å². The van der Waals surface area contributed by atoms with Gasteiger partial charge in [0.05, 0.1) is 0 Å². The number of ether oxygens (including phenoxy) is 1. The first-order valence-electron chi connectivity index (χ1n) is 7.00. The van der Waals surface area contributed by atoms with Crippen molar-refractivity contribution < 1.29 is 9.84 Å². The van der Waals surface area contributed by atoms with E-state index in [4.69, 9.17) is 10.5 Å². The molecule has 108 valence electrons. The Morgan fingerprint density at radius 3 is 2.80 bits per heavy atom. The van der Waals surface area contributed by atoms with Crippen LogP contribution in [0, 0.1) is 0 Å². The van der Waals surface area contributed by atoms with E-state index in [1.807, 2.05) is 42.5 Å². The molecule has 0 bridgehead atoms. The smallest absolute Gasteiger partial charge is 0.127 e. The molecule has 0 spiro atoms. The lowest BCUT2D eigenvalue weighted by Crippen LogP contribution is -2.32. The number of hydrogen-bond acceptors (Lipinski definition) is 4. The van der Waals surface area contributed by atoms with E-state index in [9.17, 15) is 5.11 Å². The third kappa shape index (κ3) is 4.20. The van der Waals surface area contributed by atoms with E-state index in [1.54, 1.807) is 0 Å². The van der Waals surface area contributed by atoms with Crippen molar-refractivity contribution in [1.82, 2.24) is 5.32 Å². The first kappa shape index (κ1) is 14.8. The van der Waals surface area contributed by atoms with Crippen molar-refractivity contribution in [2.24, 2.45) is 5.73 Å². The summed E-state index contributed by atoms with van der Waals surface area (Å²) in [5, 5.41) is 15.2. The average molecular weight is 274 g/mol. The van der Waals surface area contributed by atoms with Crippen molar-refractivity contribution in [2.45, 2.75) is 12.5 Å². The molecule has 0 aliphatic carbocycles. The second-order valence-electron chi connectivity index (χ2n) is 4.79. The molecule has 0 unspecified atom stereocenters. The van der Waals surface area contributed by atoms with Crippen LogP contribution in [0.3, 0.4) is 0 Å². The Kier molecular flexibility index (Phi) is 5.80. The maximum Gasteiger partial charge on any atom is 0.127 e. The van der Waals surface area contributed by atoms with Gasteiger partial charge in [-0.15, -0.1) is 0 Å². The number of fused-ring (bicyclic) bond motifs is 1. The Morgan fingerprint density at radius 2 is 1.95 bits per heavy atom. The van der Waals surface area contributed by atoms with E-state index in [2.05, 4.69) is 5.32 Å². The Hall–Kier alpha value is -1.62. The van der Waals surface area contributed by atoms with Gasteiger partial charge in [0.2, 0.25) is 0 Å². The number of benzene rings is 2. The van der Waals surface area contributed by atoms with Gasteiger partial charge >= 0.3 is 0 Å². The second kappa shape index (κ2) is 7.85. The minimum atomic E-state index is -0.522. The highest BCUT2D eigenvalue weighted by Gasteiger charge is 2.06. The van der Waals surface area contributed by atoms with Gasteiger partial charge in [-0.2, -0.15) is 0 Å². The predicted octanol–water partition coefficient (Wildman–Crippen LogP) is 1.52. The van der Waals surface area contributed by atoms with Crippen LogP contribution in [0.5, 0.6) is 5.75 Å². The molecule has 0 aliphatic rings. The molecule has 1 atom stereocenters. The molecule has 4 nitrogen and oxygen atoms in total. The van der Waals surface area contributed by atoms with Crippen LogP contribution in [0.1, 0.15) is 6.42 Å². The lowest BCUT2D eigenvalue weighted by Gasteiger charge is -2.14. The number of nitrogens with one attached hydrogen (secondary N) is 1. The Morgan fingerprint density at radius 1 is 1.15 bits per heavy atom. The topological polar surface area (TPSA) is 67.5 Å². The fourth-order valence-corrected chi connectivity index (χ4v) is 2.06. The van der Waals surface area contributed by atoms with Crippen LogP contribution in [-0.2, 0) is 0 Å². The highest BCUT2D eigenvalue weighted by Crippen LogP contribution is 2.25. The highest BCUT2D eigenvalue weighted by molar-refractivity contribution is 5.88. The molecule has 2 rings (SSSR count). The SMILES string of the molecule is NCCCNC[C@@H](O)COc1cccc2ccccc12. The Bertz CT molecular complexity index is 525. The number of hydrogen-bond donors (Lipinski definition) is 3. The summed E-state index contributed by atoms with van der Waals surface area (Å²) in [6, 6.07) is 14.0. The van der Waals surface area contributed by atoms with Crippen molar-refractivity contribution in [3.63, 3.8) is 0 Å². The summed E-state index contributed by atoms with van der Waals surface area (Å²) >= 11 is 0. The average Bonchev–Trinajstić information content (AvgIpc) is 2.49. The van der Waals surface area contributed by atoms with Crippen LogP contribution < -0.4 is 15.8 Å². The molecule has 0 saturated carbocycles. The van der Waals surface area contributed by atoms with Gasteiger partial charge in [-0.3, -0.25) is 0 Å². The van der Waals surface area contributed by atoms with E-state index in [1.165, 1.54) is 0 Å². The monoisotopic (exact) mass is 274 g/mol. The van der Waals surface area contributed by atoms with Gasteiger partial charge < -0.3 is 20.9 Å². The summed E-state index contributed by atoms with van der Waals surface area (Å²) < 4.78 is 5.72. The molecular weight excluding hydrogens is 252 g/mol. The van der Waals surface area contributed by atoms with Crippen molar-refractivity contribution in [1.29, 1.82) is 0 Å². The molecule has 4 N–H and O–H groups in total. The summed E-state index contributed by atoms with van der Waals surface area (Å²) in [6.07, 6.45) is 0.392. The molecule has 2 aromatic rings. The third-order valence-electron chi connectivity index (χ3n) is 3.12. The third-order valence-corrected chi connectivity index (χ3v) is 3.12. The van der Waals surface area contributed by atoms with Crippen LogP contribution in [-0.4, -0.2) is 37.5 Å². The molecule has 0 fully saturated rings. The minimum absolute atomic E-state index is 0.281. The van der Waals surface area contributed by atoms with Crippen LogP contribution >= 0.6 is 0 Å². The van der Waals surface area contributed by atoms with E-state index in [0.29, 0.717) is 13.1 Å². The maximum atomic E-state index is 9.86. The lowest BCUT2D eigenvalue weighted by molar-refractivity contribution is 0.107. The molecule has 0 aliphatic heterocycles. The van der Waals surface area contributed by atoms with Gasteiger partial charge in [-0.25, -0.2) is 0 Å². The van der Waals surface area contributed by atoms with E-state index < -0.39 is 6.10 Å². The predicted molar refractivity (Wildman–Crippen MR) is 82.0 cm³/mol. The quantitative estimate of drug-likeness (QED) is 0.638. The molecule has 0 saturated heterocycles. The summed E-state index contributed by atoms with van der Waals surface area (Å²) in [4.78, 5) is 0. The maximum absolute atomic E-state index is 9.86. The van der Waals surface area contributed by atoms with Crippen molar-refractivity contribution in [3.05, 3.63) is 42.5 Å². The van der Waals surface area contributed by atoms with E-state index in [0.717, 1.165) is 29.5 Å². The molecular formula is C16H22N2O2. The Labute approximate surface area is 119 Å². The standard InChI is InChI=1S/C16H22N2O2/c17-9-4-10-18-11-14(19)12-20-16-8-3-6-13-5-1-2-7-15(13)16/h1-3,5-8,14,18-19H,4,9-12,17H2/t14-/m1/s1. The largest absolute Gasteiger partial charge is 0.490 e. The minimum Gasteiger partial charge on any atom is -0.490 e. The van der Waals surface area contributed by atoms with Gasteiger partial charge in [-0.05, 0) is 31.0 Å². The van der Waals surface area contributed by atoms with E-state index >= 15 is 0 Å². The molecule has 0 radical (unpaired) electrons. The molecule has 0 amide bonds. The summed E-state index contributed by atoms with van der Waals surface area (Å²) in [5.74, 6) is 0.809. The van der Waals surface area contributed by atoms with Gasteiger partial charge in [-0.1, -0.05) is 36.4 Å². The Balaban J connectivity index is 1.86. The fourth-order valence-electron chi connectivity index (χ4n) is 2.06. The number of aliphatic hydroxyl groups excluding tert-OH is 1. The molecule has 4 heteroatoms. The first-order valence-corrected chi connectivity index (χ1v) is 7.00. The van der Waals surface area contributed by atoms with Crippen LogP contribution in [0.2, 0.25) is 0 Å². The fraction of sp³-hybridized carbons (Fsp3) is 0.375. The van der Waals surface area contributed by atoms with Gasteiger partial charge in [0, 0.05) is 11.9 Å². The summed E-state index contributed by atoms with van der Waals surface area (Å²) in [5.41, 5.74) is 5.41. The second-order valence-corrected chi connectivity index (χ2v) is 4.79. The van der Waals surface area contributed by atoms with Gasteiger partial charge in [0.1, 0.15) is 18.5 Å². The van der Waals surface area contributed by atoms with Gasteiger partial charge in [0.15, 0.2) is 0 Å². The molecule has 0 heterocycles. The van der Waals surface area contributed by atoms with Crippen molar-refractivity contribution in [3.8, 4) is 5.75 Å². The normalized spacial score (nSPS) is 12.5. The zero-order valence-corrected chi connectivity index (χ0v) is 11.6. The molecule has 2 aromatic carbocycles. The number of rotatable bonds is 8. The zero-order chi connectivity index (χ0) is 14.2. The summed E-state index contributed by atoms with van der Waals surface area (Å²) in [7, 11) is 0. The number of nitrogens with two attached hydrogens (primary N) is 1.